The molecule has 0 unspecified atom stereocenters. The maximum Gasteiger partial charge on any atom is 0.261 e. The molecule has 45 heavy (non-hydrogen) atoms. The first-order chi connectivity index (χ1) is 21.7. The molecule has 7 rings (SSSR count). The van der Waals surface area contributed by atoms with Gasteiger partial charge >= 0.3 is 0 Å². The molecule has 2 N–H and O–H groups in total. The fourth-order valence-electron chi connectivity index (χ4n) is 5.58. The van der Waals surface area contributed by atoms with Gasteiger partial charge in [-0.25, -0.2) is 23.1 Å². The number of benzene rings is 1. The maximum atomic E-state index is 14.6. The van der Waals surface area contributed by atoms with Crippen molar-refractivity contribution >= 4 is 22.1 Å². The molecule has 5 aromatic heterocycles. The number of pyridine rings is 3. The third-order valence-electron chi connectivity index (χ3n) is 7.80. The van der Waals surface area contributed by atoms with Crippen LogP contribution in [-0.2, 0) is 6.54 Å². The first-order valence-electron chi connectivity index (χ1n) is 14.5. The summed E-state index contributed by atoms with van der Waals surface area (Å²) in [7, 11) is 3.89. The molecule has 0 aliphatic carbocycles. The predicted molar refractivity (Wildman–Crippen MR) is 164 cm³/mol. The van der Waals surface area contributed by atoms with Crippen LogP contribution in [0.3, 0.4) is 0 Å². The molecule has 0 radical (unpaired) electrons. The quantitative estimate of drug-likeness (QED) is 0.219. The van der Waals surface area contributed by atoms with E-state index in [0.717, 1.165) is 22.1 Å². The van der Waals surface area contributed by atoms with E-state index >= 15 is 0 Å². The zero-order valence-electron chi connectivity index (χ0n) is 24.7. The molecule has 6 heterocycles. The molecule has 0 spiro atoms. The van der Waals surface area contributed by atoms with Crippen molar-refractivity contribution in [2.45, 2.75) is 18.9 Å². The molecule has 0 amide bonds. The molecule has 1 fully saturated rings. The Hall–Kier alpha value is -4.88. The van der Waals surface area contributed by atoms with Gasteiger partial charge in [0.05, 0.1) is 29.5 Å². The number of hydrogen-bond acceptors (Lipinski definition) is 8. The maximum absolute atomic E-state index is 14.6. The van der Waals surface area contributed by atoms with Crippen LogP contribution < -0.4 is 4.74 Å². The van der Waals surface area contributed by atoms with E-state index in [0.29, 0.717) is 71.4 Å². The van der Waals surface area contributed by atoms with Gasteiger partial charge in [0.2, 0.25) is 0 Å². The second-order valence-corrected chi connectivity index (χ2v) is 11.6. The Bertz CT molecular complexity index is 2010. The normalized spacial score (nSPS) is 15.1. The minimum Gasteiger partial charge on any atom is -0.492 e. The smallest absolute Gasteiger partial charge is 0.261 e. The molecule has 1 aliphatic rings. The van der Waals surface area contributed by atoms with Gasteiger partial charge in [-0.3, -0.25) is 20.0 Å². The number of aromatic nitrogens is 7. The number of aromatic amines is 2. The third-order valence-corrected chi connectivity index (χ3v) is 7.80. The van der Waals surface area contributed by atoms with Crippen LogP contribution in [0, 0.1) is 5.82 Å². The van der Waals surface area contributed by atoms with E-state index in [4.69, 9.17) is 9.72 Å². The third kappa shape index (κ3) is 6.08. The van der Waals surface area contributed by atoms with Crippen LogP contribution in [-0.4, -0.2) is 91.2 Å². The molecule has 0 saturated carbocycles. The minimum atomic E-state index is -2.65. The molecular formula is C32H30F3N9O. The van der Waals surface area contributed by atoms with Gasteiger partial charge in [0.25, 0.3) is 5.92 Å². The van der Waals surface area contributed by atoms with Gasteiger partial charge in [-0.2, -0.15) is 5.10 Å². The minimum absolute atomic E-state index is 0.130. The molecule has 230 valence electrons. The van der Waals surface area contributed by atoms with Crippen molar-refractivity contribution in [1.29, 1.82) is 0 Å². The van der Waals surface area contributed by atoms with Crippen LogP contribution in [0.15, 0.2) is 61.2 Å². The molecule has 0 atom stereocenters. The van der Waals surface area contributed by atoms with Crippen LogP contribution in [0.25, 0.3) is 56.0 Å². The second kappa shape index (κ2) is 11.6. The van der Waals surface area contributed by atoms with Crippen LogP contribution in [0.4, 0.5) is 13.2 Å². The van der Waals surface area contributed by atoms with Crippen LogP contribution in [0.5, 0.6) is 5.75 Å². The number of halogens is 3. The van der Waals surface area contributed by atoms with E-state index in [2.05, 4.69) is 30.1 Å². The summed E-state index contributed by atoms with van der Waals surface area (Å²) in [6.45, 7) is 1.61. The van der Waals surface area contributed by atoms with Crippen LogP contribution in [0.2, 0.25) is 0 Å². The molecule has 1 aromatic carbocycles. The van der Waals surface area contributed by atoms with Crippen molar-refractivity contribution in [1.82, 2.24) is 44.9 Å². The molecule has 6 aromatic rings. The van der Waals surface area contributed by atoms with Gasteiger partial charge in [0, 0.05) is 67.2 Å². The van der Waals surface area contributed by atoms with E-state index in [1.54, 1.807) is 41.8 Å². The SMILES string of the molecule is CN(C)CCOc1cc(F)cc(-c2ccnc3nc(-c4n[nH]c5cnc(-c6cncc(CN7CCC(F)(F)C7)c6)cc45)[nH]c23)c1. The van der Waals surface area contributed by atoms with Crippen molar-refractivity contribution in [3.8, 4) is 39.7 Å². The summed E-state index contributed by atoms with van der Waals surface area (Å²) in [5, 5.41) is 8.29. The molecule has 10 nitrogen and oxygen atoms in total. The second-order valence-electron chi connectivity index (χ2n) is 11.6. The number of imidazole rings is 1. The summed E-state index contributed by atoms with van der Waals surface area (Å²) >= 11 is 0. The largest absolute Gasteiger partial charge is 0.492 e. The predicted octanol–water partition coefficient (Wildman–Crippen LogP) is 5.55. The van der Waals surface area contributed by atoms with Crippen molar-refractivity contribution in [2.24, 2.45) is 0 Å². The number of hydrogen-bond donors (Lipinski definition) is 2. The topological polar surface area (TPSA) is 112 Å². The van der Waals surface area contributed by atoms with Crippen molar-refractivity contribution in [3.63, 3.8) is 0 Å². The summed E-state index contributed by atoms with van der Waals surface area (Å²) in [6, 6.07) is 10.2. The number of alkyl halides is 2. The molecular weight excluding hydrogens is 583 g/mol. The zero-order chi connectivity index (χ0) is 31.1. The van der Waals surface area contributed by atoms with Gasteiger partial charge in [-0.1, -0.05) is 0 Å². The van der Waals surface area contributed by atoms with Gasteiger partial charge < -0.3 is 14.6 Å². The number of fused-ring (bicyclic) bond motifs is 2. The standard InChI is InChI=1S/C32H30F3N9O/c1-43(2)7-8-45-23-11-20(10-22(33)12-23)24-3-5-37-30-28(24)39-31(40-30)29-25-13-26(38-16-27(25)41-42-29)21-9-19(14-36-15-21)17-44-6-4-32(34,35)18-44/h3,5,9-16H,4,6-8,17-18H2,1-2H3,(H,41,42)(H,37,39,40). The average Bonchev–Trinajstić information content (AvgIpc) is 3.72. The highest BCUT2D eigenvalue weighted by molar-refractivity contribution is 5.96. The Morgan fingerprint density at radius 1 is 1.04 bits per heavy atom. The Balaban J connectivity index is 1.20. The first-order valence-corrected chi connectivity index (χ1v) is 14.5. The zero-order valence-corrected chi connectivity index (χ0v) is 24.7. The fraction of sp³-hybridized carbons (Fsp3) is 0.281. The Morgan fingerprint density at radius 2 is 1.93 bits per heavy atom. The summed E-state index contributed by atoms with van der Waals surface area (Å²) in [5.74, 6) is -2.14. The van der Waals surface area contributed by atoms with E-state index in [1.807, 2.05) is 31.1 Å². The lowest BCUT2D eigenvalue weighted by atomic mass is 10.1. The summed E-state index contributed by atoms with van der Waals surface area (Å²) in [4.78, 5) is 25.2. The van der Waals surface area contributed by atoms with E-state index < -0.39 is 11.7 Å². The lowest BCUT2D eigenvalue weighted by molar-refractivity contribution is 0.0115. The van der Waals surface area contributed by atoms with E-state index in [1.165, 1.54) is 12.1 Å². The lowest BCUT2D eigenvalue weighted by Crippen LogP contribution is -2.24. The van der Waals surface area contributed by atoms with Gasteiger partial charge in [0.1, 0.15) is 23.9 Å². The Kier molecular flexibility index (Phi) is 7.42. The summed E-state index contributed by atoms with van der Waals surface area (Å²) < 4.78 is 47.8. The summed E-state index contributed by atoms with van der Waals surface area (Å²) in [5.41, 5.74) is 5.95. The number of ether oxygens (including phenoxy) is 1. The highest BCUT2D eigenvalue weighted by Gasteiger charge is 2.38. The molecule has 1 aliphatic heterocycles. The van der Waals surface area contributed by atoms with Gasteiger partial charge in [-0.15, -0.1) is 0 Å². The van der Waals surface area contributed by atoms with Crippen LogP contribution >= 0.6 is 0 Å². The number of rotatable bonds is 9. The number of nitrogens with zero attached hydrogens (tertiary/aromatic N) is 7. The van der Waals surface area contributed by atoms with Crippen molar-refractivity contribution in [2.75, 3.05) is 40.3 Å². The molecule has 13 heteroatoms. The average molecular weight is 614 g/mol. The van der Waals surface area contributed by atoms with Gasteiger partial charge in [-0.05, 0) is 55.6 Å². The number of H-pyrrole nitrogens is 2. The fourth-order valence-corrected chi connectivity index (χ4v) is 5.58. The number of likely N-dealkylation sites (N-methyl/N-ethyl adjacent to an activating group) is 1. The Labute approximate surface area is 256 Å². The highest BCUT2D eigenvalue weighted by atomic mass is 19.3. The molecule has 0 bridgehead atoms. The van der Waals surface area contributed by atoms with E-state index in [-0.39, 0.29) is 13.0 Å². The monoisotopic (exact) mass is 613 g/mol. The van der Waals surface area contributed by atoms with Crippen molar-refractivity contribution in [3.05, 3.63) is 72.6 Å². The number of nitrogens with one attached hydrogen (secondary N) is 2. The lowest BCUT2D eigenvalue weighted by Gasteiger charge is -2.15. The Morgan fingerprint density at radius 3 is 2.76 bits per heavy atom. The van der Waals surface area contributed by atoms with E-state index in [9.17, 15) is 13.2 Å². The first kappa shape index (κ1) is 28.9. The van der Waals surface area contributed by atoms with Gasteiger partial charge in [0.15, 0.2) is 11.5 Å². The molecule has 1 saturated heterocycles. The van der Waals surface area contributed by atoms with Crippen molar-refractivity contribution < 1.29 is 17.9 Å². The summed E-state index contributed by atoms with van der Waals surface area (Å²) in [6.07, 6.45) is 6.58. The van der Waals surface area contributed by atoms with Crippen LogP contribution in [0.1, 0.15) is 12.0 Å². The number of likely N-dealkylation sites (tertiary alicyclic amines) is 1. The highest BCUT2D eigenvalue weighted by Crippen LogP contribution is 2.34.